The molecule has 1 aromatic rings. The third-order valence-corrected chi connectivity index (χ3v) is 5.02. The number of alkyl halides is 3. The molecule has 0 saturated carbocycles. The molecule has 1 aliphatic rings. The van der Waals surface area contributed by atoms with Crippen LogP contribution in [0.25, 0.3) is 0 Å². The van der Waals surface area contributed by atoms with E-state index in [-0.39, 0.29) is 0 Å². The first-order chi connectivity index (χ1) is 13.3. The normalized spacial score (nSPS) is 17.4. The molecule has 5 nitrogen and oxygen atoms in total. The molecule has 1 aliphatic heterocycles. The van der Waals surface area contributed by atoms with Gasteiger partial charge in [-0.05, 0) is 57.2 Å². The topological polar surface area (TPSA) is 34.1 Å². The second-order valence-corrected chi connectivity index (χ2v) is 7.38. The number of nitrogens with one attached hydrogen (secondary N) is 1. The Hall–Kier alpha value is -1.80. The molecule has 1 heterocycles. The highest BCUT2D eigenvalue weighted by atomic mass is 19.4. The van der Waals surface area contributed by atoms with Crippen molar-refractivity contribution < 1.29 is 13.2 Å². The van der Waals surface area contributed by atoms with Crippen molar-refractivity contribution in [2.24, 2.45) is 4.99 Å². The van der Waals surface area contributed by atoms with E-state index in [9.17, 15) is 13.2 Å². The number of hydrogen-bond acceptors (Lipinski definition) is 3. The molecule has 1 N–H and O–H groups in total. The standard InChI is InChI=1S/C20H32F3N5/c1-24-19(25-10-4-12-28-13-5-11-26(2)14-15-28)27(3)16-17-6-8-18(9-7-17)20(21,22)23/h6-9H,4-5,10-16H2,1-3H3,(H,24,25). The van der Waals surface area contributed by atoms with Crippen LogP contribution < -0.4 is 5.32 Å². The van der Waals surface area contributed by atoms with Crippen LogP contribution in [0.5, 0.6) is 0 Å². The highest BCUT2D eigenvalue weighted by Crippen LogP contribution is 2.29. The number of nitrogens with zero attached hydrogens (tertiary/aromatic N) is 4. The number of likely N-dealkylation sites (N-methyl/N-ethyl adjacent to an activating group) is 1. The second kappa shape index (κ2) is 10.7. The zero-order valence-corrected chi connectivity index (χ0v) is 17.1. The van der Waals surface area contributed by atoms with Crippen LogP contribution in [0.1, 0.15) is 24.0 Å². The van der Waals surface area contributed by atoms with E-state index in [1.54, 1.807) is 7.05 Å². The maximum atomic E-state index is 12.7. The van der Waals surface area contributed by atoms with E-state index in [4.69, 9.17) is 0 Å². The van der Waals surface area contributed by atoms with Crippen LogP contribution in [0.3, 0.4) is 0 Å². The zero-order chi connectivity index (χ0) is 20.6. The molecule has 0 radical (unpaired) electrons. The molecule has 0 spiro atoms. The van der Waals surface area contributed by atoms with Gasteiger partial charge in [0.1, 0.15) is 0 Å². The van der Waals surface area contributed by atoms with Gasteiger partial charge in [0.05, 0.1) is 5.56 Å². The summed E-state index contributed by atoms with van der Waals surface area (Å²) in [6.45, 7) is 6.90. The van der Waals surface area contributed by atoms with E-state index in [1.807, 2.05) is 11.9 Å². The summed E-state index contributed by atoms with van der Waals surface area (Å²) in [5.74, 6) is 0.746. The van der Waals surface area contributed by atoms with E-state index in [0.29, 0.717) is 6.54 Å². The highest BCUT2D eigenvalue weighted by Gasteiger charge is 2.29. The number of benzene rings is 1. The Morgan fingerprint density at radius 3 is 2.50 bits per heavy atom. The Kier molecular flexibility index (Phi) is 8.57. The molecule has 28 heavy (non-hydrogen) atoms. The van der Waals surface area contributed by atoms with Gasteiger partial charge in [-0.25, -0.2) is 0 Å². The van der Waals surface area contributed by atoms with Gasteiger partial charge in [-0.15, -0.1) is 0 Å². The lowest BCUT2D eigenvalue weighted by molar-refractivity contribution is -0.137. The minimum Gasteiger partial charge on any atom is -0.356 e. The van der Waals surface area contributed by atoms with Gasteiger partial charge in [0, 0.05) is 40.3 Å². The highest BCUT2D eigenvalue weighted by molar-refractivity contribution is 5.79. The minimum absolute atomic E-state index is 0.496. The Morgan fingerprint density at radius 2 is 1.86 bits per heavy atom. The maximum Gasteiger partial charge on any atom is 0.416 e. The molecular weight excluding hydrogens is 367 g/mol. The van der Waals surface area contributed by atoms with E-state index >= 15 is 0 Å². The van der Waals surface area contributed by atoms with Crippen LogP contribution in [0.2, 0.25) is 0 Å². The van der Waals surface area contributed by atoms with Crippen molar-refractivity contribution in [3.8, 4) is 0 Å². The Morgan fingerprint density at radius 1 is 1.14 bits per heavy atom. The molecule has 0 aromatic heterocycles. The van der Waals surface area contributed by atoms with Gasteiger partial charge in [0.15, 0.2) is 5.96 Å². The quantitative estimate of drug-likeness (QED) is 0.453. The zero-order valence-electron chi connectivity index (χ0n) is 17.1. The summed E-state index contributed by atoms with van der Waals surface area (Å²) in [6, 6.07) is 5.28. The van der Waals surface area contributed by atoms with Gasteiger partial charge < -0.3 is 20.0 Å². The molecule has 8 heteroatoms. The summed E-state index contributed by atoms with van der Waals surface area (Å²) in [5, 5.41) is 3.35. The monoisotopic (exact) mass is 399 g/mol. The predicted octanol–water partition coefficient (Wildman–Crippen LogP) is 2.74. The van der Waals surface area contributed by atoms with Crippen molar-refractivity contribution in [3.63, 3.8) is 0 Å². The lowest BCUT2D eigenvalue weighted by atomic mass is 10.1. The first kappa shape index (κ1) is 22.5. The van der Waals surface area contributed by atoms with E-state index < -0.39 is 11.7 Å². The van der Waals surface area contributed by atoms with Crippen molar-refractivity contribution in [1.29, 1.82) is 0 Å². The fourth-order valence-electron chi connectivity index (χ4n) is 3.36. The fourth-order valence-corrected chi connectivity index (χ4v) is 3.36. The molecule has 0 amide bonds. The number of halogens is 3. The summed E-state index contributed by atoms with van der Waals surface area (Å²) in [4.78, 5) is 11.1. The van der Waals surface area contributed by atoms with Crippen LogP contribution in [0.4, 0.5) is 13.2 Å². The van der Waals surface area contributed by atoms with Gasteiger partial charge in [-0.2, -0.15) is 13.2 Å². The predicted molar refractivity (Wildman–Crippen MR) is 107 cm³/mol. The number of hydrogen-bond donors (Lipinski definition) is 1. The number of rotatable bonds is 6. The first-order valence-electron chi connectivity index (χ1n) is 9.78. The Balaban J connectivity index is 1.75. The van der Waals surface area contributed by atoms with Crippen molar-refractivity contribution in [2.75, 3.05) is 60.4 Å². The maximum absolute atomic E-state index is 12.7. The van der Waals surface area contributed by atoms with Gasteiger partial charge in [0.25, 0.3) is 0 Å². The molecule has 1 fully saturated rings. The molecule has 0 bridgehead atoms. The summed E-state index contributed by atoms with van der Waals surface area (Å²) in [6.07, 6.45) is -2.07. The average molecular weight is 400 g/mol. The smallest absolute Gasteiger partial charge is 0.356 e. The third kappa shape index (κ3) is 7.31. The van der Waals surface area contributed by atoms with Crippen LogP contribution >= 0.6 is 0 Å². The molecule has 158 valence electrons. The van der Waals surface area contributed by atoms with Gasteiger partial charge in [0.2, 0.25) is 0 Å². The van der Waals surface area contributed by atoms with Crippen LogP contribution in [0.15, 0.2) is 29.3 Å². The van der Waals surface area contributed by atoms with Crippen LogP contribution in [-0.4, -0.2) is 81.1 Å². The lowest BCUT2D eigenvalue weighted by Crippen LogP contribution is -2.40. The van der Waals surface area contributed by atoms with Crippen LogP contribution in [0, 0.1) is 0 Å². The molecular formula is C20H32F3N5. The summed E-state index contributed by atoms with van der Waals surface area (Å²) < 4.78 is 38.0. The molecule has 1 aromatic carbocycles. The Labute approximate surface area is 166 Å². The van der Waals surface area contributed by atoms with Gasteiger partial charge in [-0.1, -0.05) is 12.1 Å². The minimum atomic E-state index is -4.30. The second-order valence-electron chi connectivity index (χ2n) is 7.38. The number of aliphatic imine (C=N–C) groups is 1. The van der Waals surface area contributed by atoms with Crippen molar-refractivity contribution in [2.45, 2.75) is 25.6 Å². The third-order valence-electron chi connectivity index (χ3n) is 5.02. The molecule has 0 atom stereocenters. The largest absolute Gasteiger partial charge is 0.416 e. The molecule has 0 aliphatic carbocycles. The summed E-state index contributed by atoms with van der Waals surface area (Å²) in [5.41, 5.74) is 0.188. The SMILES string of the molecule is CN=C(NCCCN1CCCN(C)CC1)N(C)Cc1ccc(C(F)(F)F)cc1. The van der Waals surface area contributed by atoms with Crippen molar-refractivity contribution in [3.05, 3.63) is 35.4 Å². The van der Waals surface area contributed by atoms with Crippen molar-refractivity contribution in [1.82, 2.24) is 20.0 Å². The summed E-state index contributed by atoms with van der Waals surface area (Å²) in [7, 11) is 5.77. The lowest BCUT2D eigenvalue weighted by Gasteiger charge is -2.24. The Bertz CT molecular complexity index is 615. The molecule has 0 unspecified atom stereocenters. The summed E-state index contributed by atoms with van der Waals surface area (Å²) >= 11 is 0. The van der Waals surface area contributed by atoms with Crippen LogP contribution in [-0.2, 0) is 12.7 Å². The van der Waals surface area contributed by atoms with Gasteiger partial charge >= 0.3 is 6.18 Å². The average Bonchev–Trinajstić information content (AvgIpc) is 2.85. The first-order valence-corrected chi connectivity index (χ1v) is 9.78. The number of guanidine groups is 1. The van der Waals surface area contributed by atoms with E-state index in [0.717, 1.165) is 69.3 Å². The van der Waals surface area contributed by atoms with Gasteiger partial charge in [-0.3, -0.25) is 4.99 Å². The molecule has 2 rings (SSSR count). The van der Waals surface area contributed by atoms with E-state index in [1.165, 1.54) is 18.6 Å². The van der Waals surface area contributed by atoms with Crippen molar-refractivity contribution >= 4 is 5.96 Å². The molecule has 1 saturated heterocycles. The fraction of sp³-hybridized carbons (Fsp3) is 0.650. The van der Waals surface area contributed by atoms with E-state index in [2.05, 4.69) is 27.2 Å².